The highest BCUT2D eigenvalue weighted by molar-refractivity contribution is 9.10. The van der Waals surface area contributed by atoms with Crippen molar-refractivity contribution < 1.29 is 4.92 Å². The van der Waals surface area contributed by atoms with Crippen molar-refractivity contribution in [3.05, 3.63) is 38.3 Å². The van der Waals surface area contributed by atoms with Gasteiger partial charge in [0.05, 0.1) is 15.4 Å². The molecule has 0 amide bonds. The van der Waals surface area contributed by atoms with Crippen LogP contribution in [0.3, 0.4) is 0 Å². The van der Waals surface area contributed by atoms with Crippen LogP contribution in [-0.2, 0) is 5.75 Å². The van der Waals surface area contributed by atoms with E-state index in [9.17, 15) is 10.1 Å². The van der Waals surface area contributed by atoms with Crippen molar-refractivity contribution in [2.24, 2.45) is 0 Å². The molecular formula is C11H10BrN5O2S. The van der Waals surface area contributed by atoms with Gasteiger partial charge in [0, 0.05) is 11.8 Å². The first-order valence-corrected chi connectivity index (χ1v) is 7.76. The summed E-state index contributed by atoms with van der Waals surface area (Å²) in [5.74, 6) is 0.598. The van der Waals surface area contributed by atoms with Crippen molar-refractivity contribution in [2.75, 3.05) is 0 Å². The SMILES string of the molecule is O=[N+]([O-])c1cc(CSc2nnnn2C2CC2)ccc1Br. The van der Waals surface area contributed by atoms with Crippen LogP contribution in [0.1, 0.15) is 24.4 Å². The van der Waals surface area contributed by atoms with E-state index in [4.69, 9.17) is 0 Å². The summed E-state index contributed by atoms with van der Waals surface area (Å²) in [5, 5.41) is 23.3. The fourth-order valence-corrected chi connectivity index (χ4v) is 3.04. The van der Waals surface area contributed by atoms with Gasteiger partial charge in [0.2, 0.25) is 5.16 Å². The van der Waals surface area contributed by atoms with Crippen molar-refractivity contribution in [3.8, 4) is 0 Å². The molecule has 0 unspecified atom stereocenters. The van der Waals surface area contributed by atoms with Crippen LogP contribution in [0.25, 0.3) is 0 Å². The molecule has 1 aliphatic carbocycles. The van der Waals surface area contributed by atoms with Crippen LogP contribution in [0.15, 0.2) is 27.8 Å². The highest BCUT2D eigenvalue weighted by Crippen LogP contribution is 2.37. The van der Waals surface area contributed by atoms with E-state index in [-0.39, 0.29) is 5.69 Å². The Balaban J connectivity index is 1.73. The lowest BCUT2D eigenvalue weighted by molar-refractivity contribution is -0.385. The maximum absolute atomic E-state index is 10.9. The minimum atomic E-state index is -0.396. The van der Waals surface area contributed by atoms with E-state index in [1.54, 1.807) is 12.1 Å². The smallest absolute Gasteiger partial charge is 0.258 e. The van der Waals surface area contributed by atoms with Crippen molar-refractivity contribution >= 4 is 33.4 Å². The normalized spacial score (nSPS) is 14.4. The van der Waals surface area contributed by atoms with Gasteiger partial charge in [0.25, 0.3) is 5.69 Å². The number of hydrogen-bond acceptors (Lipinski definition) is 6. The molecule has 2 aromatic rings. The number of nitro benzene ring substituents is 1. The summed E-state index contributed by atoms with van der Waals surface area (Å²) in [6.07, 6.45) is 2.23. The maximum Gasteiger partial charge on any atom is 0.283 e. The summed E-state index contributed by atoms with van der Waals surface area (Å²) >= 11 is 4.67. The summed E-state index contributed by atoms with van der Waals surface area (Å²) in [6, 6.07) is 5.54. The molecule has 0 radical (unpaired) electrons. The fourth-order valence-electron chi connectivity index (χ4n) is 1.76. The predicted molar refractivity (Wildman–Crippen MR) is 76.4 cm³/mol. The van der Waals surface area contributed by atoms with Crippen LogP contribution in [0, 0.1) is 10.1 Å². The molecule has 0 atom stereocenters. The molecule has 1 aromatic heterocycles. The Morgan fingerprint density at radius 1 is 1.50 bits per heavy atom. The second-order valence-electron chi connectivity index (χ2n) is 4.47. The highest BCUT2D eigenvalue weighted by atomic mass is 79.9. The van der Waals surface area contributed by atoms with Crippen LogP contribution < -0.4 is 0 Å². The summed E-state index contributed by atoms with van der Waals surface area (Å²) in [5.41, 5.74) is 0.945. The Labute approximate surface area is 127 Å². The molecule has 9 heteroatoms. The summed E-state index contributed by atoms with van der Waals surface area (Å²) in [7, 11) is 0. The van der Waals surface area contributed by atoms with Gasteiger partial charge in [-0.05, 0) is 50.8 Å². The zero-order valence-corrected chi connectivity index (χ0v) is 12.7. The molecule has 104 valence electrons. The topological polar surface area (TPSA) is 86.7 Å². The zero-order valence-electron chi connectivity index (χ0n) is 10.3. The predicted octanol–water partition coefficient (Wildman–Crippen LogP) is 2.97. The third kappa shape index (κ3) is 2.83. The number of tetrazole rings is 1. The van der Waals surface area contributed by atoms with Gasteiger partial charge in [-0.25, -0.2) is 4.68 Å². The van der Waals surface area contributed by atoms with Gasteiger partial charge < -0.3 is 0 Å². The minimum absolute atomic E-state index is 0.0740. The number of halogens is 1. The molecule has 1 saturated carbocycles. The third-order valence-corrected chi connectivity index (χ3v) is 4.61. The monoisotopic (exact) mass is 355 g/mol. The quantitative estimate of drug-likeness (QED) is 0.465. The molecule has 1 heterocycles. The molecule has 3 rings (SSSR count). The van der Waals surface area contributed by atoms with Gasteiger partial charge in [-0.1, -0.05) is 17.8 Å². The van der Waals surface area contributed by atoms with E-state index in [0.29, 0.717) is 16.3 Å². The molecule has 20 heavy (non-hydrogen) atoms. The maximum atomic E-state index is 10.9. The number of nitro groups is 1. The molecule has 1 aromatic carbocycles. The Kier molecular flexibility index (Phi) is 3.70. The van der Waals surface area contributed by atoms with E-state index >= 15 is 0 Å². The van der Waals surface area contributed by atoms with Crippen LogP contribution >= 0.6 is 27.7 Å². The first-order valence-electron chi connectivity index (χ1n) is 5.98. The number of benzene rings is 1. The first-order chi connectivity index (χ1) is 9.65. The Hall–Kier alpha value is -1.48. The number of thioether (sulfide) groups is 1. The average molecular weight is 356 g/mol. The number of rotatable bonds is 5. The van der Waals surface area contributed by atoms with Crippen molar-refractivity contribution in [2.45, 2.75) is 29.8 Å². The van der Waals surface area contributed by atoms with Crippen LogP contribution in [0.4, 0.5) is 5.69 Å². The van der Waals surface area contributed by atoms with Gasteiger partial charge >= 0.3 is 0 Å². The lowest BCUT2D eigenvalue weighted by atomic mass is 10.2. The Morgan fingerprint density at radius 2 is 2.30 bits per heavy atom. The summed E-state index contributed by atoms with van der Waals surface area (Å²) in [4.78, 5) is 10.5. The number of hydrogen-bond donors (Lipinski definition) is 0. The Bertz CT molecular complexity index is 658. The molecule has 7 nitrogen and oxygen atoms in total. The zero-order chi connectivity index (χ0) is 14.1. The third-order valence-electron chi connectivity index (χ3n) is 2.93. The van der Waals surface area contributed by atoms with Crippen molar-refractivity contribution in [1.82, 2.24) is 20.2 Å². The van der Waals surface area contributed by atoms with Gasteiger partial charge in [-0.2, -0.15) is 0 Å². The lowest BCUT2D eigenvalue weighted by Gasteiger charge is -2.03. The molecule has 0 bridgehead atoms. The molecule has 1 aliphatic rings. The van der Waals surface area contributed by atoms with Crippen molar-refractivity contribution in [1.29, 1.82) is 0 Å². The van der Waals surface area contributed by atoms with Gasteiger partial charge in [-0.3, -0.25) is 10.1 Å². The number of nitrogens with zero attached hydrogens (tertiary/aromatic N) is 5. The molecule has 0 saturated heterocycles. The standard InChI is InChI=1S/C11H10BrN5O2S/c12-9-4-1-7(5-10(9)17(18)19)6-20-11-13-14-15-16(11)8-2-3-8/h1,4-5,8H,2-3,6H2. The highest BCUT2D eigenvalue weighted by Gasteiger charge is 2.27. The van der Waals surface area contributed by atoms with Gasteiger partial charge in [0.15, 0.2) is 0 Å². The second kappa shape index (κ2) is 5.49. The van der Waals surface area contributed by atoms with Crippen LogP contribution in [-0.4, -0.2) is 25.1 Å². The molecular weight excluding hydrogens is 346 g/mol. The van der Waals surface area contributed by atoms with E-state index in [2.05, 4.69) is 31.5 Å². The minimum Gasteiger partial charge on any atom is -0.258 e. The number of aromatic nitrogens is 4. The molecule has 1 fully saturated rings. The summed E-state index contributed by atoms with van der Waals surface area (Å²) in [6.45, 7) is 0. The van der Waals surface area contributed by atoms with Gasteiger partial charge in [0.1, 0.15) is 0 Å². The molecule has 0 N–H and O–H groups in total. The fraction of sp³-hybridized carbons (Fsp3) is 0.364. The lowest BCUT2D eigenvalue weighted by Crippen LogP contribution is -1.99. The average Bonchev–Trinajstić information content (AvgIpc) is 3.16. The summed E-state index contributed by atoms with van der Waals surface area (Å²) < 4.78 is 2.32. The van der Waals surface area contributed by atoms with E-state index in [1.807, 2.05) is 10.7 Å². The van der Waals surface area contributed by atoms with Crippen LogP contribution in [0.5, 0.6) is 0 Å². The van der Waals surface area contributed by atoms with E-state index in [1.165, 1.54) is 11.8 Å². The van der Waals surface area contributed by atoms with E-state index in [0.717, 1.165) is 23.6 Å². The first kappa shape index (κ1) is 13.5. The second-order valence-corrected chi connectivity index (χ2v) is 6.27. The molecule has 0 spiro atoms. The van der Waals surface area contributed by atoms with Crippen molar-refractivity contribution in [3.63, 3.8) is 0 Å². The Morgan fingerprint density at radius 3 is 3.00 bits per heavy atom. The largest absolute Gasteiger partial charge is 0.283 e. The van der Waals surface area contributed by atoms with Gasteiger partial charge in [-0.15, -0.1) is 5.10 Å². The molecule has 0 aliphatic heterocycles. The van der Waals surface area contributed by atoms with E-state index < -0.39 is 4.92 Å². The van der Waals surface area contributed by atoms with Crippen LogP contribution in [0.2, 0.25) is 0 Å².